The Bertz CT molecular complexity index is 937. The highest BCUT2D eigenvalue weighted by Crippen LogP contribution is 2.33. The van der Waals surface area contributed by atoms with Gasteiger partial charge in [0.05, 0.1) is 0 Å². The summed E-state index contributed by atoms with van der Waals surface area (Å²) in [5, 5.41) is 12.4. The van der Waals surface area contributed by atoms with Crippen molar-refractivity contribution in [2.75, 3.05) is 5.32 Å². The molecule has 0 aliphatic heterocycles. The molecule has 4 nitrogen and oxygen atoms in total. The second kappa shape index (κ2) is 7.84. The largest absolute Gasteiger partial charge is 0.346 e. The highest BCUT2D eigenvalue weighted by Gasteiger charge is 2.21. The molecule has 1 heterocycles. The van der Waals surface area contributed by atoms with Crippen molar-refractivity contribution in [1.29, 1.82) is 5.26 Å². The third kappa shape index (κ3) is 3.98. The van der Waals surface area contributed by atoms with Gasteiger partial charge in [-0.15, -0.1) is 0 Å². The quantitative estimate of drug-likeness (QED) is 0.587. The SMILES string of the molecule is Cc1ccc(NC(=O)/C(C#N)=C\c2cc(C)n(C3CCCC3)c2C)cc1C. The molecule has 27 heavy (non-hydrogen) atoms. The van der Waals surface area contributed by atoms with Gasteiger partial charge < -0.3 is 9.88 Å². The predicted octanol–water partition coefficient (Wildman–Crippen LogP) is 5.38. The highest BCUT2D eigenvalue weighted by molar-refractivity contribution is 6.09. The normalized spacial score (nSPS) is 15.0. The fraction of sp³-hybridized carbons (Fsp3) is 0.391. The minimum atomic E-state index is -0.369. The Labute approximate surface area is 161 Å². The van der Waals surface area contributed by atoms with Crippen LogP contribution in [0.15, 0.2) is 29.8 Å². The highest BCUT2D eigenvalue weighted by atomic mass is 16.1. The van der Waals surface area contributed by atoms with Crippen LogP contribution in [0.3, 0.4) is 0 Å². The summed E-state index contributed by atoms with van der Waals surface area (Å²) in [6.07, 6.45) is 6.67. The van der Waals surface area contributed by atoms with E-state index < -0.39 is 0 Å². The van der Waals surface area contributed by atoms with Crippen molar-refractivity contribution in [3.8, 4) is 6.07 Å². The van der Waals surface area contributed by atoms with E-state index in [-0.39, 0.29) is 11.5 Å². The number of aryl methyl sites for hydroxylation is 3. The van der Waals surface area contributed by atoms with Gasteiger partial charge in [-0.2, -0.15) is 5.26 Å². The number of aromatic nitrogens is 1. The van der Waals surface area contributed by atoms with E-state index in [9.17, 15) is 10.1 Å². The van der Waals surface area contributed by atoms with Crippen LogP contribution in [0.25, 0.3) is 6.08 Å². The van der Waals surface area contributed by atoms with Crippen molar-refractivity contribution in [2.24, 2.45) is 0 Å². The van der Waals surface area contributed by atoms with Crippen LogP contribution in [0, 0.1) is 39.0 Å². The van der Waals surface area contributed by atoms with Gasteiger partial charge in [-0.25, -0.2) is 0 Å². The number of rotatable bonds is 4. The number of nitriles is 1. The average Bonchev–Trinajstić information content (AvgIpc) is 3.24. The Hall–Kier alpha value is -2.80. The number of nitrogens with one attached hydrogen (secondary N) is 1. The third-order valence-corrected chi connectivity index (χ3v) is 5.64. The molecule has 0 atom stereocenters. The van der Waals surface area contributed by atoms with E-state index in [0.717, 1.165) is 16.8 Å². The number of amides is 1. The van der Waals surface area contributed by atoms with Crippen LogP contribution in [-0.2, 0) is 4.79 Å². The van der Waals surface area contributed by atoms with Crippen LogP contribution in [0.4, 0.5) is 5.69 Å². The topological polar surface area (TPSA) is 57.8 Å². The first-order valence-electron chi connectivity index (χ1n) is 9.59. The lowest BCUT2D eigenvalue weighted by molar-refractivity contribution is -0.112. The van der Waals surface area contributed by atoms with Crippen LogP contribution in [0.1, 0.15) is 59.8 Å². The van der Waals surface area contributed by atoms with Crippen molar-refractivity contribution < 1.29 is 4.79 Å². The van der Waals surface area contributed by atoms with Gasteiger partial charge in [-0.1, -0.05) is 18.9 Å². The van der Waals surface area contributed by atoms with E-state index in [4.69, 9.17) is 0 Å². The summed E-state index contributed by atoms with van der Waals surface area (Å²) in [6, 6.07) is 10.4. The standard InChI is InChI=1S/C23H27N3O/c1-15-9-10-21(11-16(15)2)25-23(27)20(14-24)13-19-12-17(3)26(18(19)4)22-7-5-6-8-22/h9-13,22H,5-8H2,1-4H3,(H,25,27)/b20-13-. The number of hydrogen-bond donors (Lipinski definition) is 1. The lowest BCUT2D eigenvalue weighted by atomic mass is 10.1. The Morgan fingerprint density at radius 2 is 1.85 bits per heavy atom. The molecule has 0 saturated heterocycles. The van der Waals surface area contributed by atoms with E-state index in [1.165, 1.54) is 36.9 Å². The van der Waals surface area contributed by atoms with Crippen molar-refractivity contribution >= 4 is 17.7 Å². The van der Waals surface area contributed by atoms with Crippen LogP contribution in [0.5, 0.6) is 0 Å². The Morgan fingerprint density at radius 3 is 2.48 bits per heavy atom. The molecule has 0 bridgehead atoms. The second-order valence-electron chi connectivity index (χ2n) is 7.56. The fourth-order valence-corrected chi connectivity index (χ4v) is 3.99. The van der Waals surface area contributed by atoms with E-state index in [1.54, 1.807) is 6.08 Å². The Morgan fingerprint density at radius 1 is 1.15 bits per heavy atom. The number of carbonyl (C=O) groups is 1. The molecule has 1 aliphatic rings. The molecule has 2 aromatic rings. The molecular weight excluding hydrogens is 334 g/mol. The van der Waals surface area contributed by atoms with Crippen molar-refractivity contribution in [3.05, 3.63) is 57.9 Å². The maximum Gasteiger partial charge on any atom is 0.266 e. The van der Waals surface area contributed by atoms with Gasteiger partial charge in [0, 0.05) is 23.1 Å². The zero-order chi connectivity index (χ0) is 19.6. The average molecular weight is 361 g/mol. The lowest BCUT2D eigenvalue weighted by Gasteiger charge is -2.17. The molecule has 1 N–H and O–H groups in total. The second-order valence-corrected chi connectivity index (χ2v) is 7.56. The molecular formula is C23H27N3O. The minimum Gasteiger partial charge on any atom is -0.346 e. The summed E-state index contributed by atoms with van der Waals surface area (Å²) >= 11 is 0. The van der Waals surface area contributed by atoms with Crippen molar-refractivity contribution in [2.45, 2.75) is 59.4 Å². The van der Waals surface area contributed by atoms with E-state index in [1.807, 2.05) is 32.0 Å². The Balaban J connectivity index is 1.85. The summed E-state index contributed by atoms with van der Waals surface area (Å²) in [5.41, 5.74) is 6.38. The monoisotopic (exact) mass is 361 g/mol. The summed E-state index contributed by atoms with van der Waals surface area (Å²) in [6.45, 7) is 8.21. The first kappa shape index (κ1) is 19.0. The van der Waals surface area contributed by atoms with Gasteiger partial charge in [-0.3, -0.25) is 4.79 Å². The fourth-order valence-electron chi connectivity index (χ4n) is 3.99. The molecule has 0 unspecified atom stereocenters. The lowest BCUT2D eigenvalue weighted by Crippen LogP contribution is -2.13. The van der Waals surface area contributed by atoms with E-state index >= 15 is 0 Å². The van der Waals surface area contributed by atoms with Crippen molar-refractivity contribution in [1.82, 2.24) is 4.57 Å². The van der Waals surface area contributed by atoms with Gasteiger partial charge >= 0.3 is 0 Å². The molecule has 140 valence electrons. The smallest absolute Gasteiger partial charge is 0.266 e. The molecule has 4 heteroatoms. The van der Waals surface area contributed by atoms with Gasteiger partial charge in [0.25, 0.3) is 5.91 Å². The van der Waals surface area contributed by atoms with Gasteiger partial charge in [0.1, 0.15) is 11.6 Å². The number of benzene rings is 1. The third-order valence-electron chi connectivity index (χ3n) is 5.64. The maximum absolute atomic E-state index is 12.6. The molecule has 1 fully saturated rings. The van der Waals surface area contributed by atoms with E-state index in [2.05, 4.69) is 35.9 Å². The molecule has 1 aromatic carbocycles. The number of hydrogen-bond acceptors (Lipinski definition) is 2. The van der Waals surface area contributed by atoms with Gasteiger partial charge in [-0.05, 0) is 81.5 Å². The molecule has 3 rings (SSSR count). The minimum absolute atomic E-state index is 0.125. The molecule has 0 radical (unpaired) electrons. The Kier molecular flexibility index (Phi) is 5.51. The van der Waals surface area contributed by atoms with Crippen LogP contribution < -0.4 is 5.32 Å². The van der Waals surface area contributed by atoms with Gasteiger partial charge in [0.2, 0.25) is 0 Å². The molecule has 1 aromatic heterocycles. The number of anilines is 1. The molecule has 1 amide bonds. The summed E-state index contributed by atoms with van der Waals surface area (Å²) < 4.78 is 2.37. The van der Waals surface area contributed by atoms with E-state index in [0.29, 0.717) is 11.7 Å². The first-order chi connectivity index (χ1) is 12.9. The van der Waals surface area contributed by atoms with Crippen molar-refractivity contribution in [3.63, 3.8) is 0 Å². The molecule has 0 spiro atoms. The molecule has 1 saturated carbocycles. The van der Waals surface area contributed by atoms with Gasteiger partial charge in [0.15, 0.2) is 0 Å². The number of nitrogens with zero attached hydrogens (tertiary/aromatic N) is 2. The maximum atomic E-state index is 12.6. The number of carbonyl (C=O) groups excluding carboxylic acids is 1. The van der Waals surface area contributed by atoms with Crippen LogP contribution >= 0.6 is 0 Å². The zero-order valence-corrected chi connectivity index (χ0v) is 16.6. The summed E-state index contributed by atoms with van der Waals surface area (Å²) in [4.78, 5) is 12.6. The zero-order valence-electron chi connectivity index (χ0n) is 16.6. The summed E-state index contributed by atoms with van der Waals surface area (Å²) in [5.74, 6) is -0.369. The summed E-state index contributed by atoms with van der Waals surface area (Å²) in [7, 11) is 0. The predicted molar refractivity (Wildman–Crippen MR) is 110 cm³/mol. The first-order valence-corrected chi connectivity index (χ1v) is 9.59. The molecule has 1 aliphatic carbocycles. The van der Waals surface area contributed by atoms with Crippen LogP contribution in [0.2, 0.25) is 0 Å². The van der Waals surface area contributed by atoms with Crippen LogP contribution in [-0.4, -0.2) is 10.5 Å².